The van der Waals surface area contributed by atoms with E-state index in [-0.39, 0.29) is 5.41 Å². The third-order valence-electron chi connectivity index (χ3n) is 7.76. The number of rotatable bonds is 7. The number of hydrogen-bond acceptors (Lipinski definition) is 5. The number of ether oxygens (including phenoxy) is 1. The zero-order chi connectivity index (χ0) is 25.5. The lowest BCUT2D eigenvalue weighted by molar-refractivity contribution is 0.292. The standard InChI is InChI=1S/C30H37N5OS/c1-23-13-9-12-20-35(23)26-21-27(36-25-16-7-3-8-17-25)33-28(32-26)34-29(37)31-22-30(18-10-4-11-19-30)24-14-5-2-6-15-24/h2-3,5-8,14-17,21,23H,4,9-13,18-20,22H2,1H3,(H2,31,32,33,34,37)/t23-/m1/s1. The summed E-state index contributed by atoms with van der Waals surface area (Å²) in [6.45, 7) is 4.02. The van der Waals surface area contributed by atoms with Gasteiger partial charge in [-0.05, 0) is 68.9 Å². The predicted octanol–water partition coefficient (Wildman–Crippen LogP) is 6.84. The number of thiocarbonyl (C=S) groups is 1. The molecule has 1 atom stereocenters. The SMILES string of the molecule is C[C@@H]1CCCCN1c1cc(Oc2ccccc2)nc(NC(=S)NCC2(c3ccccc3)CCCCC2)n1. The van der Waals surface area contributed by atoms with E-state index in [0.717, 1.165) is 37.5 Å². The zero-order valence-corrected chi connectivity index (χ0v) is 22.5. The Kier molecular flexibility index (Phi) is 8.19. The fourth-order valence-electron chi connectivity index (χ4n) is 5.70. The van der Waals surface area contributed by atoms with Gasteiger partial charge in [0.2, 0.25) is 11.8 Å². The molecule has 6 nitrogen and oxygen atoms in total. The van der Waals surface area contributed by atoms with Crippen molar-refractivity contribution in [3.8, 4) is 11.6 Å². The summed E-state index contributed by atoms with van der Waals surface area (Å²) < 4.78 is 6.11. The Hall–Kier alpha value is -3.19. The first-order valence-corrected chi connectivity index (χ1v) is 14.0. The molecule has 7 heteroatoms. The summed E-state index contributed by atoms with van der Waals surface area (Å²) in [6.07, 6.45) is 9.69. The predicted molar refractivity (Wildman–Crippen MR) is 155 cm³/mol. The summed E-state index contributed by atoms with van der Waals surface area (Å²) in [4.78, 5) is 11.9. The number of aromatic nitrogens is 2. The molecule has 0 radical (unpaired) electrons. The molecular weight excluding hydrogens is 478 g/mol. The molecule has 2 heterocycles. The zero-order valence-electron chi connectivity index (χ0n) is 21.7. The van der Waals surface area contributed by atoms with Gasteiger partial charge >= 0.3 is 0 Å². The minimum atomic E-state index is 0.0960. The van der Waals surface area contributed by atoms with Gasteiger partial charge in [-0.25, -0.2) is 0 Å². The molecule has 0 unspecified atom stereocenters. The molecule has 5 rings (SSSR count). The molecule has 0 amide bonds. The first kappa shape index (κ1) is 25.5. The maximum absolute atomic E-state index is 6.11. The van der Waals surface area contributed by atoms with E-state index in [2.05, 4.69) is 57.8 Å². The van der Waals surface area contributed by atoms with Crippen molar-refractivity contribution in [3.63, 3.8) is 0 Å². The lowest BCUT2D eigenvalue weighted by Crippen LogP contribution is -2.43. The van der Waals surface area contributed by atoms with Crippen molar-refractivity contribution in [1.29, 1.82) is 0 Å². The fourth-order valence-corrected chi connectivity index (χ4v) is 5.86. The van der Waals surface area contributed by atoms with Crippen LogP contribution in [0, 0.1) is 0 Å². The second kappa shape index (κ2) is 11.9. The van der Waals surface area contributed by atoms with E-state index in [9.17, 15) is 0 Å². The van der Waals surface area contributed by atoms with Crippen molar-refractivity contribution in [2.24, 2.45) is 0 Å². The van der Waals surface area contributed by atoms with E-state index < -0.39 is 0 Å². The monoisotopic (exact) mass is 515 g/mol. The number of piperidine rings is 1. The van der Waals surface area contributed by atoms with E-state index >= 15 is 0 Å². The fraction of sp³-hybridized carbons (Fsp3) is 0.433. The highest BCUT2D eigenvalue weighted by molar-refractivity contribution is 7.80. The molecule has 194 valence electrons. The Morgan fingerprint density at radius 1 is 0.973 bits per heavy atom. The lowest BCUT2D eigenvalue weighted by Gasteiger charge is -2.38. The normalized spacial score (nSPS) is 19.2. The van der Waals surface area contributed by atoms with Crippen molar-refractivity contribution in [2.75, 3.05) is 23.3 Å². The quantitative estimate of drug-likeness (QED) is 0.334. The van der Waals surface area contributed by atoms with Crippen LogP contribution in [0.3, 0.4) is 0 Å². The van der Waals surface area contributed by atoms with E-state index in [0.29, 0.717) is 23.0 Å². The minimum Gasteiger partial charge on any atom is -0.439 e. The average molecular weight is 516 g/mol. The molecule has 0 bridgehead atoms. The molecule has 1 saturated heterocycles. The van der Waals surface area contributed by atoms with Crippen LogP contribution in [0.1, 0.15) is 63.9 Å². The van der Waals surface area contributed by atoms with E-state index in [1.165, 1.54) is 44.1 Å². The Morgan fingerprint density at radius 3 is 2.43 bits per heavy atom. The third-order valence-corrected chi connectivity index (χ3v) is 8.01. The van der Waals surface area contributed by atoms with E-state index in [4.69, 9.17) is 21.9 Å². The van der Waals surface area contributed by atoms with E-state index in [1.54, 1.807) is 0 Å². The largest absolute Gasteiger partial charge is 0.439 e. The number of nitrogens with one attached hydrogen (secondary N) is 2. The molecule has 1 aromatic heterocycles. The maximum Gasteiger partial charge on any atom is 0.234 e. The Balaban J connectivity index is 1.33. The Bertz CT molecular complexity index is 1170. The van der Waals surface area contributed by atoms with Gasteiger partial charge in [-0.2, -0.15) is 9.97 Å². The molecule has 2 fully saturated rings. The molecule has 1 aliphatic heterocycles. The Morgan fingerprint density at radius 2 is 1.70 bits per heavy atom. The van der Waals surface area contributed by atoms with E-state index in [1.807, 2.05) is 36.4 Å². The lowest BCUT2D eigenvalue weighted by atomic mass is 9.69. The second-order valence-corrected chi connectivity index (χ2v) is 10.8. The van der Waals surface area contributed by atoms with Gasteiger partial charge in [0.05, 0.1) is 0 Å². The summed E-state index contributed by atoms with van der Waals surface area (Å²) in [6, 6.07) is 23.0. The summed E-state index contributed by atoms with van der Waals surface area (Å²) in [5.74, 6) is 2.57. The molecule has 0 spiro atoms. The van der Waals surface area contributed by atoms with Gasteiger partial charge in [-0.15, -0.1) is 0 Å². The number of hydrogen-bond donors (Lipinski definition) is 2. The van der Waals surface area contributed by atoms with Crippen molar-refractivity contribution in [3.05, 3.63) is 72.3 Å². The maximum atomic E-state index is 6.11. The van der Waals surface area contributed by atoms with Crippen LogP contribution in [0.5, 0.6) is 11.6 Å². The highest BCUT2D eigenvalue weighted by Gasteiger charge is 2.34. The number of nitrogens with zero attached hydrogens (tertiary/aromatic N) is 3. The van der Waals surface area contributed by atoms with Crippen LogP contribution in [0.15, 0.2) is 66.7 Å². The molecule has 3 aromatic rings. The highest BCUT2D eigenvalue weighted by Crippen LogP contribution is 2.39. The smallest absolute Gasteiger partial charge is 0.234 e. The first-order chi connectivity index (χ1) is 18.1. The van der Waals surface area contributed by atoms with Gasteiger partial charge in [0.25, 0.3) is 0 Å². The molecule has 1 aliphatic carbocycles. The third kappa shape index (κ3) is 6.39. The van der Waals surface area contributed by atoms with Crippen LogP contribution in [-0.2, 0) is 5.41 Å². The van der Waals surface area contributed by atoms with Crippen molar-refractivity contribution in [1.82, 2.24) is 15.3 Å². The van der Waals surface area contributed by atoms with Crippen LogP contribution >= 0.6 is 12.2 Å². The van der Waals surface area contributed by atoms with Crippen molar-refractivity contribution < 1.29 is 4.74 Å². The number of para-hydroxylation sites is 1. The van der Waals surface area contributed by atoms with Crippen LogP contribution in [0.4, 0.5) is 11.8 Å². The van der Waals surface area contributed by atoms with Crippen molar-refractivity contribution >= 4 is 29.1 Å². The second-order valence-electron chi connectivity index (χ2n) is 10.4. The summed E-state index contributed by atoms with van der Waals surface area (Å²) in [5, 5.41) is 7.30. The Labute approximate surface area is 225 Å². The number of anilines is 2. The topological polar surface area (TPSA) is 62.3 Å². The minimum absolute atomic E-state index is 0.0960. The molecule has 37 heavy (non-hydrogen) atoms. The van der Waals surface area contributed by atoms with Crippen LogP contribution < -0.4 is 20.3 Å². The van der Waals surface area contributed by atoms with Crippen LogP contribution in [-0.4, -0.2) is 34.2 Å². The van der Waals surface area contributed by atoms with Crippen LogP contribution in [0.2, 0.25) is 0 Å². The molecule has 2 aliphatic rings. The van der Waals surface area contributed by atoms with Crippen LogP contribution in [0.25, 0.3) is 0 Å². The van der Waals surface area contributed by atoms with Gasteiger partial charge in [-0.3, -0.25) is 0 Å². The van der Waals surface area contributed by atoms with Crippen molar-refractivity contribution in [2.45, 2.75) is 69.7 Å². The number of benzene rings is 2. The summed E-state index contributed by atoms with van der Waals surface area (Å²) in [7, 11) is 0. The summed E-state index contributed by atoms with van der Waals surface area (Å²) in [5.41, 5.74) is 1.49. The first-order valence-electron chi connectivity index (χ1n) is 13.6. The van der Waals surface area contributed by atoms with Gasteiger partial charge < -0.3 is 20.3 Å². The average Bonchev–Trinajstić information content (AvgIpc) is 2.94. The van der Waals surface area contributed by atoms with Gasteiger partial charge in [0, 0.05) is 30.6 Å². The summed E-state index contributed by atoms with van der Waals surface area (Å²) >= 11 is 5.74. The molecule has 1 saturated carbocycles. The molecule has 2 aromatic carbocycles. The van der Waals surface area contributed by atoms with Gasteiger partial charge in [-0.1, -0.05) is 67.8 Å². The van der Waals surface area contributed by atoms with Gasteiger partial charge in [0.15, 0.2) is 5.11 Å². The molecular formula is C30H37N5OS. The molecule has 2 N–H and O–H groups in total. The highest BCUT2D eigenvalue weighted by atomic mass is 32.1. The van der Waals surface area contributed by atoms with Gasteiger partial charge in [0.1, 0.15) is 11.6 Å².